The monoisotopic (exact) mass is 474 g/mol. The number of halogens is 2. The molecular weight excluding hydrogens is 451 g/mol. The number of carbonyl (C=O) groups is 1. The Hall–Kier alpha value is -2.90. The van der Waals surface area contributed by atoms with Gasteiger partial charge < -0.3 is 5.32 Å². The Labute approximate surface area is 192 Å². The first kappa shape index (κ1) is 23.8. The first-order valence-corrected chi connectivity index (χ1v) is 11.9. The molecule has 0 saturated heterocycles. The lowest BCUT2D eigenvalue weighted by atomic mass is 10.1. The molecule has 3 aromatic rings. The highest BCUT2D eigenvalue weighted by molar-refractivity contribution is 7.92. The van der Waals surface area contributed by atoms with Crippen molar-refractivity contribution < 1.29 is 17.6 Å². The fourth-order valence-electron chi connectivity index (χ4n) is 3.22. The van der Waals surface area contributed by atoms with Crippen LogP contribution in [0, 0.1) is 5.82 Å². The molecule has 8 heteroatoms. The summed E-state index contributed by atoms with van der Waals surface area (Å²) in [5.74, 6) is -1.18. The molecule has 0 radical (unpaired) electrons. The third-order valence-electron chi connectivity index (χ3n) is 5.08. The molecular formula is C24H24ClFN2O3S. The molecule has 0 bridgehead atoms. The molecule has 1 amide bonds. The first-order valence-electron chi connectivity index (χ1n) is 10.1. The van der Waals surface area contributed by atoms with Crippen molar-refractivity contribution in [2.24, 2.45) is 0 Å². The molecule has 32 heavy (non-hydrogen) atoms. The molecule has 0 aliphatic rings. The second kappa shape index (κ2) is 10.1. The fourth-order valence-corrected chi connectivity index (χ4v) is 4.83. The van der Waals surface area contributed by atoms with Crippen molar-refractivity contribution in [3.05, 3.63) is 94.8 Å². The van der Waals surface area contributed by atoms with Gasteiger partial charge in [0.2, 0.25) is 5.91 Å². The Balaban J connectivity index is 1.88. The van der Waals surface area contributed by atoms with Crippen LogP contribution < -0.4 is 9.62 Å². The first-order chi connectivity index (χ1) is 15.2. The molecule has 0 aliphatic heterocycles. The third kappa shape index (κ3) is 5.47. The van der Waals surface area contributed by atoms with Crippen LogP contribution in [-0.2, 0) is 21.2 Å². The minimum atomic E-state index is -4.10. The van der Waals surface area contributed by atoms with Crippen LogP contribution in [0.15, 0.2) is 77.7 Å². The van der Waals surface area contributed by atoms with Crippen molar-refractivity contribution in [2.45, 2.75) is 31.2 Å². The van der Waals surface area contributed by atoms with E-state index in [1.54, 1.807) is 18.2 Å². The Bertz CT molecular complexity index is 1190. The zero-order valence-corrected chi connectivity index (χ0v) is 19.3. The molecule has 1 atom stereocenters. The van der Waals surface area contributed by atoms with Gasteiger partial charge in [-0.05, 0) is 54.8 Å². The van der Waals surface area contributed by atoms with Crippen molar-refractivity contribution in [3.63, 3.8) is 0 Å². The van der Waals surface area contributed by atoms with Crippen LogP contribution in [0.1, 0.15) is 31.0 Å². The molecule has 0 unspecified atom stereocenters. The molecule has 3 rings (SSSR count). The summed E-state index contributed by atoms with van der Waals surface area (Å²) in [7, 11) is -4.10. The van der Waals surface area contributed by atoms with E-state index in [9.17, 15) is 17.6 Å². The number of nitrogens with zero attached hydrogens (tertiary/aromatic N) is 1. The minimum absolute atomic E-state index is 0.0106. The maximum atomic E-state index is 13.7. The second-order valence-electron chi connectivity index (χ2n) is 7.31. The minimum Gasteiger partial charge on any atom is -0.348 e. The normalized spacial score (nSPS) is 12.2. The van der Waals surface area contributed by atoms with Gasteiger partial charge in [0.15, 0.2) is 0 Å². The van der Waals surface area contributed by atoms with Crippen LogP contribution in [0.4, 0.5) is 10.1 Å². The highest BCUT2D eigenvalue weighted by atomic mass is 35.5. The zero-order chi connectivity index (χ0) is 23.3. The highest BCUT2D eigenvalue weighted by Crippen LogP contribution is 2.27. The van der Waals surface area contributed by atoms with Gasteiger partial charge in [-0.25, -0.2) is 12.8 Å². The van der Waals surface area contributed by atoms with Crippen LogP contribution in [0.2, 0.25) is 5.02 Å². The van der Waals surface area contributed by atoms with Gasteiger partial charge in [0.1, 0.15) is 12.4 Å². The van der Waals surface area contributed by atoms with Gasteiger partial charge >= 0.3 is 0 Å². The van der Waals surface area contributed by atoms with Gasteiger partial charge in [-0.3, -0.25) is 9.10 Å². The fraction of sp³-hybridized carbons (Fsp3) is 0.208. The van der Waals surface area contributed by atoms with Crippen molar-refractivity contribution in [3.8, 4) is 0 Å². The van der Waals surface area contributed by atoms with Gasteiger partial charge in [-0.2, -0.15) is 0 Å². The largest absolute Gasteiger partial charge is 0.348 e. The van der Waals surface area contributed by atoms with Gasteiger partial charge in [0.05, 0.1) is 21.6 Å². The summed E-state index contributed by atoms with van der Waals surface area (Å²) < 4.78 is 41.2. The molecule has 168 valence electrons. The molecule has 0 heterocycles. The molecule has 0 fully saturated rings. The number of rotatable bonds is 8. The molecule has 0 saturated carbocycles. The Morgan fingerprint density at radius 2 is 1.72 bits per heavy atom. The number of hydrogen-bond donors (Lipinski definition) is 1. The number of nitrogens with one attached hydrogen (secondary N) is 1. The van der Waals surface area contributed by atoms with E-state index in [-0.39, 0.29) is 21.6 Å². The van der Waals surface area contributed by atoms with Crippen molar-refractivity contribution >= 4 is 33.2 Å². The number of carbonyl (C=O) groups excluding carboxylic acids is 1. The highest BCUT2D eigenvalue weighted by Gasteiger charge is 2.28. The van der Waals surface area contributed by atoms with Crippen LogP contribution in [0.25, 0.3) is 0 Å². The number of benzene rings is 3. The summed E-state index contributed by atoms with van der Waals surface area (Å²) in [6.07, 6.45) is 0.910. The lowest BCUT2D eigenvalue weighted by Gasteiger charge is -2.25. The number of hydrogen-bond acceptors (Lipinski definition) is 3. The zero-order valence-electron chi connectivity index (χ0n) is 17.8. The molecule has 1 N–H and O–H groups in total. The van der Waals surface area contributed by atoms with Gasteiger partial charge in [0, 0.05) is 0 Å². The van der Waals surface area contributed by atoms with Gasteiger partial charge in [0.25, 0.3) is 10.0 Å². The average molecular weight is 475 g/mol. The second-order valence-corrected chi connectivity index (χ2v) is 9.58. The summed E-state index contributed by atoms with van der Waals surface area (Å²) in [6, 6.07) is 18.8. The number of anilines is 1. The quantitative estimate of drug-likeness (QED) is 0.493. The van der Waals surface area contributed by atoms with Crippen LogP contribution in [0.3, 0.4) is 0 Å². The van der Waals surface area contributed by atoms with Crippen molar-refractivity contribution in [2.75, 3.05) is 10.8 Å². The molecule has 0 aliphatic carbocycles. The smallest absolute Gasteiger partial charge is 0.264 e. The average Bonchev–Trinajstić information content (AvgIpc) is 2.80. The van der Waals surface area contributed by atoms with Crippen LogP contribution in [0.5, 0.6) is 0 Å². The molecule has 3 aromatic carbocycles. The number of amides is 1. The lowest BCUT2D eigenvalue weighted by molar-refractivity contribution is -0.120. The number of aryl methyl sites for hydroxylation is 1. The van der Waals surface area contributed by atoms with E-state index in [1.807, 2.05) is 31.2 Å². The molecule has 0 aromatic heterocycles. The van der Waals surface area contributed by atoms with Gasteiger partial charge in [-0.1, -0.05) is 61.0 Å². The predicted octanol–water partition coefficient (Wildman–Crippen LogP) is 5.11. The summed E-state index contributed by atoms with van der Waals surface area (Å²) >= 11 is 5.88. The molecule has 5 nitrogen and oxygen atoms in total. The molecule has 0 spiro atoms. The van der Waals surface area contributed by atoms with Crippen LogP contribution >= 0.6 is 11.6 Å². The summed E-state index contributed by atoms with van der Waals surface area (Å²) in [4.78, 5) is 12.8. The lowest BCUT2D eigenvalue weighted by Crippen LogP contribution is -2.41. The van der Waals surface area contributed by atoms with E-state index >= 15 is 0 Å². The SMILES string of the molecule is CCc1ccc([C@@H](C)NC(=O)CN(c2ccc(F)c(Cl)c2)S(=O)(=O)c2ccccc2)cc1. The Morgan fingerprint density at radius 1 is 1.06 bits per heavy atom. The summed E-state index contributed by atoms with van der Waals surface area (Å²) in [5, 5.41) is 2.60. The van der Waals surface area contributed by atoms with Gasteiger partial charge in [-0.15, -0.1) is 0 Å². The Kier molecular flexibility index (Phi) is 7.53. The standard InChI is InChI=1S/C24H24ClFN2O3S/c1-3-18-9-11-19(12-10-18)17(2)27-24(29)16-28(20-13-14-23(26)22(25)15-20)32(30,31)21-7-5-4-6-8-21/h4-15,17H,3,16H2,1-2H3,(H,27,29)/t17-/m1/s1. The van der Waals surface area contributed by atoms with Crippen LogP contribution in [-0.4, -0.2) is 20.9 Å². The number of sulfonamides is 1. The third-order valence-corrected chi connectivity index (χ3v) is 7.15. The van der Waals surface area contributed by atoms with E-state index < -0.39 is 28.3 Å². The predicted molar refractivity (Wildman–Crippen MR) is 125 cm³/mol. The van der Waals surface area contributed by atoms with E-state index in [0.717, 1.165) is 22.4 Å². The van der Waals surface area contributed by atoms with E-state index in [2.05, 4.69) is 12.2 Å². The van der Waals surface area contributed by atoms with E-state index in [0.29, 0.717) is 0 Å². The van der Waals surface area contributed by atoms with Crippen molar-refractivity contribution in [1.29, 1.82) is 0 Å². The maximum absolute atomic E-state index is 13.7. The van der Waals surface area contributed by atoms with E-state index in [1.165, 1.54) is 29.8 Å². The summed E-state index contributed by atoms with van der Waals surface area (Å²) in [5.41, 5.74) is 2.17. The van der Waals surface area contributed by atoms with Crippen molar-refractivity contribution in [1.82, 2.24) is 5.32 Å². The summed E-state index contributed by atoms with van der Waals surface area (Å²) in [6.45, 7) is 3.39. The maximum Gasteiger partial charge on any atom is 0.264 e. The topological polar surface area (TPSA) is 66.5 Å². The Morgan fingerprint density at radius 3 is 2.31 bits per heavy atom. The van der Waals surface area contributed by atoms with E-state index in [4.69, 9.17) is 11.6 Å².